The molecule has 0 aliphatic heterocycles. The van der Waals surface area contributed by atoms with Crippen molar-refractivity contribution < 1.29 is 8.42 Å². The largest absolute Gasteiger partial charge is 0.347 e. The first-order chi connectivity index (χ1) is 6.97. The molecule has 6 nitrogen and oxygen atoms in total. The molecule has 0 aliphatic rings. The second kappa shape index (κ2) is 4.42. The van der Waals surface area contributed by atoms with Gasteiger partial charge in [0.15, 0.2) is 5.25 Å². The second-order valence-corrected chi connectivity index (χ2v) is 5.16. The molecule has 1 heterocycles. The van der Waals surface area contributed by atoms with Crippen LogP contribution in [0.25, 0.3) is 0 Å². The van der Waals surface area contributed by atoms with Gasteiger partial charge in [0.1, 0.15) is 5.82 Å². The SMILES string of the molecule is CC(NS(=O)(=O)C(C)C#N)c1ncc[nH]1. The van der Waals surface area contributed by atoms with E-state index in [4.69, 9.17) is 5.26 Å². The fourth-order valence-corrected chi connectivity index (χ4v) is 1.94. The minimum absolute atomic E-state index is 0.471. The van der Waals surface area contributed by atoms with E-state index in [9.17, 15) is 8.42 Å². The summed E-state index contributed by atoms with van der Waals surface area (Å²) < 4.78 is 25.3. The maximum atomic E-state index is 11.5. The van der Waals surface area contributed by atoms with Crippen molar-refractivity contribution in [2.45, 2.75) is 25.1 Å². The molecule has 0 aromatic carbocycles. The number of imidazole rings is 1. The van der Waals surface area contributed by atoms with Crippen molar-refractivity contribution in [3.05, 3.63) is 18.2 Å². The summed E-state index contributed by atoms with van der Waals surface area (Å²) in [5.74, 6) is 0.517. The third kappa shape index (κ3) is 2.78. The molecule has 15 heavy (non-hydrogen) atoms. The number of H-pyrrole nitrogens is 1. The molecular formula is C8H12N4O2S. The van der Waals surface area contributed by atoms with Gasteiger partial charge in [0.25, 0.3) is 0 Å². The zero-order valence-electron chi connectivity index (χ0n) is 8.43. The van der Waals surface area contributed by atoms with Crippen molar-refractivity contribution in [2.24, 2.45) is 0 Å². The zero-order chi connectivity index (χ0) is 11.5. The van der Waals surface area contributed by atoms with Crippen LogP contribution in [0.2, 0.25) is 0 Å². The van der Waals surface area contributed by atoms with Crippen LogP contribution >= 0.6 is 0 Å². The van der Waals surface area contributed by atoms with E-state index in [1.54, 1.807) is 19.2 Å². The number of hydrogen-bond acceptors (Lipinski definition) is 4. The summed E-state index contributed by atoms with van der Waals surface area (Å²) in [6.07, 6.45) is 3.14. The van der Waals surface area contributed by atoms with Gasteiger partial charge in [-0.25, -0.2) is 18.1 Å². The van der Waals surface area contributed by atoms with Crippen molar-refractivity contribution in [3.8, 4) is 6.07 Å². The average molecular weight is 228 g/mol. The normalized spacial score (nSPS) is 15.5. The molecule has 1 aromatic rings. The van der Waals surface area contributed by atoms with Gasteiger partial charge in [-0.05, 0) is 13.8 Å². The van der Waals surface area contributed by atoms with E-state index < -0.39 is 21.3 Å². The van der Waals surface area contributed by atoms with Gasteiger partial charge in [0, 0.05) is 12.4 Å². The number of rotatable bonds is 4. The number of aromatic amines is 1. The summed E-state index contributed by atoms with van der Waals surface area (Å²) >= 11 is 0. The van der Waals surface area contributed by atoms with Crippen LogP contribution in [0.3, 0.4) is 0 Å². The van der Waals surface area contributed by atoms with Crippen molar-refractivity contribution >= 4 is 10.0 Å². The smallest absolute Gasteiger partial charge is 0.228 e. The Morgan fingerprint density at radius 3 is 2.73 bits per heavy atom. The van der Waals surface area contributed by atoms with Crippen molar-refractivity contribution in [1.29, 1.82) is 5.26 Å². The monoisotopic (exact) mass is 228 g/mol. The van der Waals surface area contributed by atoms with Gasteiger partial charge in [0.05, 0.1) is 12.1 Å². The van der Waals surface area contributed by atoms with E-state index in [0.717, 1.165) is 0 Å². The average Bonchev–Trinajstić information content (AvgIpc) is 2.68. The quantitative estimate of drug-likeness (QED) is 0.774. The number of nitrogens with one attached hydrogen (secondary N) is 2. The molecule has 0 aliphatic carbocycles. The Morgan fingerprint density at radius 1 is 1.60 bits per heavy atom. The van der Waals surface area contributed by atoms with E-state index in [1.807, 2.05) is 0 Å². The Morgan fingerprint density at radius 2 is 2.27 bits per heavy atom. The third-order valence-corrected chi connectivity index (χ3v) is 3.64. The van der Waals surface area contributed by atoms with E-state index >= 15 is 0 Å². The Balaban J connectivity index is 2.76. The molecule has 0 radical (unpaired) electrons. The molecule has 0 saturated heterocycles. The van der Waals surface area contributed by atoms with Gasteiger partial charge in [-0.3, -0.25) is 0 Å². The van der Waals surface area contributed by atoms with Crippen LogP contribution in [-0.4, -0.2) is 23.6 Å². The Labute approximate surface area is 88.4 Å². The fraction of sp³-hybridized carbons (Fsp3) is 0.500. The number of aromatic nitrogens is 2. The summed E-state index contributed by atoms with van der Waals surface area (Å²) in [7, 11) is -3.61. The predicted molar refractivity (Wildman–Crippen MR) is 54.1 cm³/mol. The summed E-state index contributed by atoms with van der Waals surface area (Å²) in [5.41, 5.74) is 0. The highest BCUT2D eigenvalue weighted by Crippen LogP contribution is 2.09. The molecule has 0 fully saturated rings. The molecule has 7 heteroatoms. The lowest BCUT2D eigenvalue weighted by Crippen LogP contribution is -2.34. The summed E-state index contributed by atoms with van der Waals surface area (Å²) in [6.45, 7) is 2.98. The zero-order valence-corrected chi connectivity index (χ0v) is 9.25. The van der Waals surface area contributed by atoms with Gasteiger partial charge in [-0.2, -0.15) is 5.26 Å². The Kier molecular flexibility index (Phi) is 3.44. The van der Waals surface area contributed by atoms with E-state index in [2.05, 4.69) is 14.7 Å². The fourth-order valence-electron chi connectivity index (χ4n) is 0.988. The van der Waals surface area contributed by atoms with Crippen LogP contribution in [0.5, 0.6) is 0 Å². The minimum atomic E-state index is -3.61. The summed E-state index contributed by atoms with van der Waals surface area (Å²) in [4.78, 5) is 6.72. The highest BCUT2D eigenvalue weighted by Gasteiger charge is 2.23. The number of sulfonamides is 1. The van der Waals surface area contributed by atoms with E-state index in [1.165, 1.54) is 13.1 Å². The van der Waals surface area contributed by atoms with E-state index in [0.29, 0.717) is 5.82 Å². The first-order valence-corrected chi connectivity index (χ1v) is 5.92. The van der Waals surface area contributed by atoms with Crippen LogP contribution in [0.15, 0.2) is 12.4 Å². The Hall–Kier alpha value is -1.39. The van der Waals surface area contributed by atoms with Gasteiger partial charge < -0.3 is 4.98 Å². The molecule has 82 valence electrons. The Bertz CT molecular complexity index is 445. The van der Waals surface area contributed by atoms with Crippen LogP contribution in [0.1, 0.15) is 25.7 Å². The molecule has 2 N–H and O–H groups in total. The maximum absolute atomic E-state index is 11.5. The van der Waals surface area contributed by atoms with Crippen molar-refractivity contribution in [3.63, 3.8) is 0 Å². The predicted octanol–water partition coefficient (Wildman–Crippen LogP) is 0.302. The second-order valence-electron chi connectivity index (χ2n) is 3.13. The molecule has 0 saturated carbocycles. The summed E-state index contributed by atoms with van der Waals surface area (Å²) in [6, 6.07) is 1.20. The van der Waals surface area contributed by atoms with Gasteiger partial charge in [0.2, 0.25) is 10.0 Å². The first kappa shape index (κ1) is 11.7. The van der Waals surface area contributed by atoms with Gasteiger partial charge in [-0.1, -0.05) is 0 Å². The lowest BCUT2D eigenvalue weighted by Gasteiger charge is -2.12. The van der Waals surface area contributed by atoms with Gasteiger partial charge >= 0.3 is 0 Å². The lowest BCUT2D eigenvalue weighted by molar-refractivity contribution is 0.557. The number of hydrogen-bond donors (Lipinski definition) is 2. The highest BCUT2D eigenvalue weighted by atomic mass is 32.2. The summed E-state index contributed by atoms with van der Waals surface area (Å²) in [5, 5.41) is 7.45. The highest BCUT2D eigenvalue weighted by molar-refractivity contribution is 7.90. The number of nitrogens with zero attached hydrogens (tertiary/aromatic N) is 2. The molecule has 2 unspecified atom stereocenters. The molecule has 2 atom stereocenters. The molecule has 0 bridgehead atoms. The molecule has 1 rings (SSSR count). The molecular weight excluding hydrogens is 216 g/mol. The van der Waals surface area contributed by atoms with Crippen LogP contribution in [-0.2, 0) is 10.0 Å². The standard InChI is InChI=1S/C8H12N4O2S/c1-6(5-9)15(13,14)12-7(2)8-10-3-4-11-8/h3-4,6-7,12H,1-2H3,(H,10,11). The van der Waals surface area contributed by atoms with E-state index in [-0.39, 0.29) is 0 Å². The topological polar surface area (TPSA) is 98.6 Å². The molecule has 0 amide bonds. The molecule has 1 aromatic heterocycles. The maximum Gasteiger partial charge on any atom is 0.228 e. The lowest BCUT2D eigenvalue weighted by atomic mass is 10.3. The van der Waals surface area contributed by atoms with Crippen LogP contribution < -0.4 is 4.72 Å². The number of nitriles is 1. The molecule has 0 spiro atoms. The van der Waals surface area contributed by atoms with Crippen molar-refractivity contribution in [1.82, 2.24) is 14.7 Å². The van der Waals surface area contributed by atoms with Gasteiger partial charge in [-0.15, -0.1) is 0 Å². The third-order valence-electron chi connectivity index (χ3n) is 1.92. The van der Waals surface area contributed by atoms with Crippen LogP contribution in [0, 0.1) is 11.3 Å². The minimum Gasteiger partial charge on any atom is -0.347 e. The van der Waals surface area contributed by atoms with Crippen LogP contribution in [0.4, 0.5) is 0 Å². The van der Waals surface area contributed by atoms with Crippen molar-refractivity contribution in [2.75, 3.05) is 0 Å². The first-order valence-electron chi connectivity index (χ1n) is 4.37.